The van der Waals surface area contributed by atoms with Crippen LogP contribution in [0.25, 0.3) is 0 Å². The van der Waals surface area contributed by atoms with Gasteiger partial charge in [0.05, 0.1) is 0 Å². The van der Waals surface area contributed by atoms with Crippen LogP contribution in [0.1, 0.15) is 43.7 Å². The molecule has 2 unspecified atom stereocenters. The van der Waals surface area contributed by atoms with Crippen LogP contribution in [0.3, 0.4) is 0 Å². The van der Waals surface area contributed by atoms with E-state index >= 15 is 0 Å². The molecule has 0 spiro atoms. The van der Waals surface area contributed by atoms with Crippen molar-refractivity contribution in [2.24, 2.45) is 0 Å². The maximum Gasteiger partial charge on any atom is 0.0107 e. The van der Waals surface area contributed by atoms with E-state index in [0.29, 0.717) is 6.04 Å². The summed E-state index contributed by atoms with van der Waals surface area (Å²) in [5.41, 5.74) is 3.15. The fourth-order valence-corrected chi connectivity index (χ4v) is 2.78. The minimum absolute atomic E-state index is 0.608. The lowest BCUT2D eigenvalue weighted by Crippen LogP contribution is -2.33. The lowest BCUT2D eigenvalue weighted by molar-refractivity contribution is 0.422. The first kappa shape index (κ1) is 10.7. The number of rotatable bonds is 3. The Hall–Kier alpha value is -0.820. The van der Waals surface area contributed by atoms with Crippen molar-refractivity contribution in [3.8, 4) is 0 Å². The minimum atomic E-state index is 0.608. The molecule has 2 atom stereocenters. The second-order valence-corrected chi connectivity index (χ2v) is 4.54. The normalized spacial score (nSPS) is 22.1. The summed E-state index contributed by atoms with van der Waals surface area (Å²) in [7, 11) is 0. The van der Waals surface area contributed by atoms with Crippen molar-refractivity contribution in [3.05, 3.63) is 35.4 Å². The van der Waals surface area contributed by atoms with Gasteiger partial charge in [-0.1, -0.05) is 31.2 Å². The van der Waals surface area contributed by atoms with Crippen LogP contribution in [0.5, 0.6) is 0 Å². The van der Waals surface area contributed by atoms with Gasteiger partial charge < -0.3 is 5.32 Å². The van der Waals surface area contributed by atoms with E-state index in [1.165, 1.54) is 19.3 Å². The van der Waals surface area contributed by atoms with Crippen molar-refractivity contribution in [1.29, 1.82) is 0 Å². The van der Waals surface area contributed by atoms with Crippen LogP contribution in [-0.2, 0) is 6.42 Å². The van der Waals surface area contributed by atoms with E-state index in [9.17, 15) is 0 Å². The molecule has 2 rings (SSSR count). The van der Waals surface area contributed by atoms with Crippen molar-refractivity contribution in [3.63, 3.8) is 0 Å². The molecule has 0 heterocycles. The molecule has 82 valence electrons. The highest BCUT2D eigenvalue weighted by atomic mass is 14.9. The molecule has 0 aromatic heterocycles. The fourth-order valence-electron chi connectivity index (χ4n) is 2.78. The molecule has 1 N–H and O–H groups in total. The molecule has 0 aliphatic heterocycles. The molecular formula is C14H21N. The highest BCUT2D eigenvalue weighted by Crippen LogP contribution is 2.33. The Morgan fingerprint density at radius 3 is 3.00 bits per heavy atom. The standard InChI is InChI=1S/C14H21N/c1-3-15-11(2)13-10-6-8-12-7-4-5-9-14(12)13/h4-5,7,9,11,13,15H,3,6,8,10H2,1-2H3. The first-order chi connectivity index (χ1) is 7.33. The van der Waals surface area contributed by atoms with Gasteiger partial charge >= 0.3 is 0 Å². The van der Waals surface area contributed by atoms with Crippen molar-refractivity contribution in [1.82, 2.24) is 5.32 Å². The topological polar surface area (TPSA) is 12.0 Å². The van der Waals surface area contributed by atoms with Crippen LogP contribution in [0.2, 0.25) is 0 Å². The van der Waals surface area contributed by atoms with Gasteiger partial charge in [-0.25, -0.2) is 0 Å². The van der Waals surface area contributed by atoms with E-state index < -0.39 is 0 Å². The maximum atomic E-state index is 3.56. The van der Waals surface area contributed by atoms with Crippen LogP contribution in [0.15, 0.2) is 24.3 Å². The highest BCUT2D eigenvalue weighted by molar-refractivity contribution is 5.33. The van der Waals surface area contributed by atoms with Crippen molar-refractivity contribution < 1.29 is 0 Å². The summed E-state index contributed by atoms with van der Waals surface area (Å²) in [6.07, 6.45) is 3.95. The van der Waals surface area contributed by atoms with Crippen LogP contribution in [0.4, 0.5) is 0 Å². The Balaban J connectivity index is 2.21. The van der Waals surface area contributed by atoms with E-state index in [4.69, 9.17) is 0 Å². The predicted octanol–water partition coefficient (Wildman–Crippen LogP) is 3.10. The second-order valence-electron chi connectivity index (χ2n) is 4.54. The molecule has 0 fully saturated rings. The Bertz CT molecular complexity index is 319. The van der Waals surface area contributed by atoms with E-state index in [0.717, 1.165) is 12.5 Å². The van der Waals surface area contributed by atoms with Gasteiger partial charge in [-0.15, -0.1) is 0 Å². The summed E-state index contributed by atoms with van der Waals surface area (Å²) in [6.45, 7) is 5.57. The summed E-state index contributed by atoms with van der Waals surface area (Å²) in [6, 6.07) is 9.55. The van der Waals surface area contributed by atoms with Crippen LogP contribution >= 0.6 is 0 Å². The number of nitrogens with one attached hydrogen (secondary N) is 1. The van der Waals surface area contributed by atoms with Gasteiger partial charge in [-0.2, -0.15) is 0 Å². The smallest absolute Gasteiger partial charge is 0.0107 e. The number of likely N-dealkylation sites (N-methyl/N-ethyl adjacent to an activating group) is 1. The predicted molar refractivity (Wildman–Crippen MR) is 65.3 cm³/mol. The summed E-state index contributed by atoms with van der Waals surface area (Å²) >= 11 is 0. The van der Waals surface area contributed by atoms with Crippen molar-refractivity contribution >= 4 is 0 Å². The van der Waals surface area contributed by atoms with Gasteiger partial charge in [0, 0.05) is 6.04 Å². The molecule has 0 saturated heterocycles. The van der Waals surface area contributed by atoms with Gasteiger partial charge in [0.2, 0.25) is 0 Å². The van der Waals surface area contributed by atoms with E-state index in [2.05, 4.69) is 43.4 Å². The molecule has 0 saturated carbocycles. The molecule has 1 aromatic carbocycles. The molecule has 1 nitrogen and oxygen atoms in total. The molecular weight excluding hydrogens is 182 g/mol. The van der Waals surface area contributed by atoms with Crippen LogP contribution in [-0.4, -0.2) is 12.6 Å². The molecule has 1 heteroatoms. The zero-order chi connectivity index (χ0) is 10.7. The molecule has 1 aliphatic carbocycles. The first-order valence-corrected chi connectivity index (χ1v) is 6.14. The molecule has 0 amide bonds. The van der Waals surface area contributed by atoms with Gasteiger partial charge in [-0.3, -0.25) is 0 Å². The van der Waals surface area contributed by atoms with Crippen molar-refractivity contribution in [2.75, 3.05) is 6.54 Å². The van der Waals surface area contributed by atoms with Crippen LogP contribution < -0.4 is 5.32 Å². The maximum absolute atomic E-state index is 3.56. The molecule has 0 radical (unpaired) electrons. The number of benzene rings is 1. The summed E-state index contributed by atoms with van der Waals surface area (Å²) in [4.78, 5) is 0. The molecule has 15 heavy (non-hydrogen) atoms. The third-order valence-corrected chi connectivity index (χ3v) is 3.55. The largest absolute Gasteiger partial charge is 0.314 e. The third kappa shape index (κ3) is 2.23. The zero-order valence-electron chi connectivity index (χ0n) is 9.79. The Kier molecular flexibility index (Phi) is 3.42. The number of aryl methyl sites for hydroxylation is 1. The average molecular weight is 203 g/mol. The van der Waals surface area contributed by atoms with Gasteiger partial charge in [0.25, 0.3) is 0 Å². The highest BCUT2D eigenvalue weighted by Gasteiger charge is 2.23. The van der Waals surface area contributed by atoms with E-state index in [-0.39, 0.29) is 0 Å². The summed E-state index contributed by atoms with van der Waals surface area (Å²) < 4.78 is 0. The number of hydrogen-bond acceptors (Lipinski definition) is 1. The average Bonchev–Trinajstić information content (AvgIpc) is 2.28. The summed E-state index contributed by atoms with van der Waals surface area (Å²) in [5.74, 6) is 0.717. The quantitative estimate of drug-likeness (QED) is 0.796. The first-order valence-electron chi connectivity index (χ1n) is 6.14. The van der Waals surface area contributed by atoms with Gasteiger partial charge in [0.1, 0.15) is 0 Å². The zero-order valence-corrected chi connectivity index (χ0v) is 9.79. The monoisotopic (exact) mass is 203 g/mol. The lowest BCUT2D eigenvalue weighted by atomic mass is 9.79. The summed E-state index contributed by atoms with van der Waals surface area (Å²) in [5, 5.41) is 3.56. The van der Waals surface area contributed by atoms with Crippen LogP contribution in [0, 0.1) is 0 Å². The van der Waals surface area contributed by atoms with Gasteiger partial charge in [0.15, 0.2) is 0 Å². The van der Waals surface area contributed by atoms with E-state index in [1.54, 1.807) is 11.1 Å². The molecule has 1 aliphatic rings. The van der Waals surface area contributed by atoms with Crippen molar-refractivity contribution in [2.45, 2.75) is 45.1 Å². The Labute approximate surface area is 92.9 Å². The molecule has 1 aromatic rings. The second kappa shape index (κ2) is 4.80. The minimum Gasteiger partial charge on any atom is -0.314 e. The van der Waals surface area contributed by atoms with E-state index in [1.807, 2.05) is 0 Å². The number of hydrogen-bond donors (Lipinski definition) is 1. The Morgan fingerprint density at radius 2 is 2.20 bits per heavy atom. The van der Waals surface area contributed by atoms with Gasteiger partial charge in [-0.05, 0) is 49.8 Å². The molecule has 0 bridgehead atoms. The lowest BCUT2D eigenvalue weighted by Gasteiger charge is -2.30. The fraction of sp³-hybridized carbons (Fsp3) is 0.571. The third-order valence-electron chi connectivity index (χ3n) is 3.55. The SMILES string of the molecule is CCNC(C)C1CCCc2ccccc21. The Morgan fingerprint density at radius 1 is 1.40 bits per heavy atom. The number of fused-ring (bicyclic) bond motifs is 1.